The molecule has 0 N–H and O–H groups in total. The van der Waals surface area contributed by atoms with Crippen molar-refractivity contribution in [3.8, 4) is 0 Å². The number of hydrogen-bond donors (Lipinski definition) is 0. The monoisotopic (exact) mass is 338 g/mol. The van der Waals surface area contributed by atoms with Crippen LogP contribution >= 0.6 is 0 Å². The van der Waals surface area contributed by atoms with Crippen LogP contribution in [0, 0.1) is 20.2 Å². The molecular formula is C15H22N4O5. The normalized spacial score (nSPS) is 10.3. The van der Waals surface area contributed by atoms with E-state index in [1.54, 1.807) is 32.6 Å². The van der Waals surface area contributed by atoms with Gasteiger partial charge in [-0.3, -0.25) is 25.0 Å². The molecule has 0 saturated carbocycles. The molecule has 0 radical (unpaired) electrons. The van der Waals surface area contributed by atoms with Crippen molar-refractivity contribution in [1.29, 1.82) is 0 Å². The lowest BCUT2D eigenvalue weighted by Crippen LogP contribution is -2.31. The number of carbonyl (C=O) groups is 1. The van der Waals surface area contributed by atoms with E-state index >= 15 is 0 Å². The van der Waals surface area contributed by atoms with Gasteiger partial charge in [0.05, 0.1) is 15.4 Å². The molecule has 0 heterocycles. The number of anilines is 1. The molecule has 0 atom stereocenters. The van der Waals surface area contributed by atoms with Gasteiger partial charge in [0.15, 0.2) is 5.69 Å². The number of rotatable bonds is 8. The van der Waals surface area contributed by atoms with Crippen LogP contribution in [0.15, 0.2) is 12.1 Å². The van der Waals surface area contributed by atoms with E-state index in [-0.39, 0.29) is 11.3 Å². The van der Waals surface area contributed by atoms with Crippen LogP contribution in [0.3, 0.4) is 0 Å². The number of nitro benzene ring substituents is 2. The zero-order chi connectivity index (χ0) is 18.4. The molecule has 0 aliphatic carbocycles. The van der Waals surface area contributed by atoms with Crippen molar-refractivity contribution in [2.45, 2.75) is 27.7 Å². The molecule has 0 bridgehead atoms. The minimum Gasteiger partial charge on any atom is -0.361 e. The summed E-state index contributed by atoms with van der Waals surface area (Å²) in [5, 5.41) is 22.9. The molecule has 132 valence electrons. The van der Waals surface area contributed by atoms with Crippen molar-refractivity contribution in [3.05, 3.63) is 37.9 Å². The van der Waals surface area contributed by atoms with E-state index in [1.165, 1.54) is 4.90 Å². The van der Waals surface area contributed by atoms with Gasteiger partial charge in [0.25, 0.3) is 17.3 Å². The molecule has 0 spiro atoms. The standard InChI is InChI=1S/C15H22N4O5/c1-5-16(6-2)14-12(18(21)22)9-11(10-13(14)19(23)24)15(20)17(7-3)8-4/h9-10H,5-8H2,1-4H3. The Hall–Kier alpha value is -2.71. The molecule has 1 aromatic rings. The van der Waals surface area contributed by atoms with E-state index in [2.05, 4.69) is 0 Å². The van der Waals surface area contributed by atoms with Crippen LogP contribution in [0.25, 0.3) is 0 Å². The van der Waals surface area contributed by atoms with Gasteiger partial charge in [-0.15, -0.1) is 0 Å². The topological polar surface area (TPSA) is 110 Å². The first-order valence-electron chi connectivity index (χ1n) is 7.83. The van der Waals surface area contributed by atoms with E-state index < -0.39 is 27.1 Å². The zero-order valence-corrected chi connectivity index (χ0v) is 14.3. The Bertz CT molecular complexity index is 604. The third-order valence-electron chi connectivity index (χ3n) is 3.84. The first kappa shape index (κ1) is 19.3. The van der Waals surface area contributed by atoms with Crippen LogP contribution in [-0.2, 0) is 0 Å². The molecule has 1 amide bonds. The molecule has 0 saturated heterocycles. The second-order valence-electron chi connectivity index (χ2n) is 5.03. The van der Waals surface area contributed by atoms with Gasteiger partial charge in [0.2, 0.25) is 0 Å². The van der Waals surface area contributed by atoms with Gasteiger partial charge in [0, 0.05) is 38.3 Å². The fourth-order valence-corrected chi connectivity index (χ4v) is 2.56. The van der Waals surface area contributed by atoms with Crippen molar-refractivity contribution in [3.63, 3.8) is 0 Å². The molecule has 0 fully saturated rings. The fourth-order valence-electron chi connectivity index (χ4n) is 2.56. The second kappa shape index (κ2) is 8.23. The highest BCUT2D eigenvalue weighted by molar-refractivity contribution is 5.97. The third-order valence-corrected chi connectivity index (χ3v) is 3.84. The van der Waals surface area contributed by atoms with E-state index in [4.69, 9.17) is 0 Å². The Morgan fingerprint density at radius 2 is 1.33 bits per heavy atom. The lowest BCUT2D eigenvalue weighted by molar-refractivity contribution is -0.392. The van der Waals surface area contributed by atoms with Crippen molar-refractivity contribution < 1.29 is 14.6 Å². The lowest BCUT2D eigenvalue weighted by Gasteiger charge is -2.22. The zero-order valence-electron chi connectivity index (χ0n) is 14.3. The van der Waals surface area contributed by atoms with E-state index in [0.717, 1.165) is 12.1 Å². The van der Waals surface area contributed by atoms with Crippen molar-refractivity contribution in [1.82, 2.24) is 4.90 Å². The van der Waals surface area contributed by atoms with Gasteiger partial charge in [-0.2, -0.15) is 0 Å². The summed E-state index contributed by atoms with van der Waals surface area (Å²) in [6.45, 7) is 8.63. The first-order valence-corrected chi connectivity index (χ1v) is 7.83. The van der Waals surface area contributed by atoms with Crippen molar-refractivity contribution in [2.75, 3.05) is 31.1 Å². The van der Waals surface area contributed by atoms with Gasteiger partial charge in [-0.05, 0) is 27.7 Å². The molecule has 9 nitrogen and oxygen atoms in total. The molecule has 0 aliphatic heterocycles. The SMILES string of the molecule is CCN(CC)C(=O)c1cc([N+](=O)[O-])c(N(CC)CC)c([N+](=O)[O-])c1. The Labute approximate surface area is 140 Å². The smallest absolute Gasteiger partial charge is 0.300 e. The molecule has 0 aromatic heterocycles. The predicted molar refractivity (Wildman–Crippen MR) is 90.6 cm³/mol. The maximum absolute atomic E-state index is 12.4. The minimum absolute atomic E-state index is 0.0481. The van der Waals surface area contributed by atoms with Crippen LogP contribution in [0.5, 0.6) is 0 Å². The summed E-state index contributed by atoms with van der Waals surface area (Å²) in [4.78, 5) is 37.0. The molecule has 0 unspecified atom stereocenters. The Balaban J connectivity index is 3.67. The Morgan fingerprint density at radius 3 is 1.62 bits per heavy atom. The highest BCUT2D eigenvalue weighted by atomic mass is 16.6. The Morgan fingerprint density at radius 1 is 0.917 bits per heavy atom. The second-order valence-corrected chi connectivity index (χ2v) is 5.03. The summed E-state index contributed by atoms with van der Waals surface area (Å²) in [7, 11) is 0. The Kier molecular flexibility index (Phi) is 6.63. The van der Waals surface area contributed by atoms with Crippen LogP contribution in [0.4, 0.5) is 17.1 Å². The number of nitro groups is 2. The van der Waals surface area contributed by atoms with Gasteiger partial charge >= 0.3 is 0 Å². The van der Waals surface area contributed by atoms with Crippen LogP contribution in [0.2, 0.25) is 0 Å². The summed E-state index contributed by atoms with van der Waals surface area (Å²) < 4.78 is 0. The van der Waals surface area contributed by atoms with Crippen molar-refractivity contribution in [2.24, 2.45) is 0 Å². The maximum Gasteiger partial charge on any atom is 0.300 e. The van der Waals surface area contributed by atoms with Gasteiger partial charge < -0.3 is 9.80 Å². The molecule has 1 rings (SSSR count). The summed E-state index contributed by atoms with van der Waals surface area (Å²) in [5.41, 5.74) is -0.967. The fraction of sp³-hybridized carbons (Fsp3) is 0.533. The molecule has 9 heteroatoms. The maximum atomic E-state index is 12.4. The average Bonchev–Trinajstić information content (AvgIpc) is 2.56. The van der Waals surface area contributed by atoms with Gasteiger partial charge in [-0.25, -0.2) is 0 Å². The van der Waals surface area contributed by atoms with E-state index in [9.17, 15) is 25.0 Å². The average molecular weight is 338 g/mol. The molecule has 0 aliphatic rings. The number of benzene rings is 1. The summed E-state index contributed by atoms with van der Waals surface area (Å²) in [6, 6.07) is 2.25. The van der Waals surface area contributed by atoms with Crippen LogP contribution in [0.1, 0.15) is 38.1 Å². The minimum atomic E-state index is -0.681. The third kappa shape index (κ3) is 3.79. The predicted octanol–water partition coefficient (Wildman–Crippen LogP) is 2.83. The van der Waals surface area contributed by atoms with Gasteiger partial charge in [0.1, 0.15) is 0 Å². The number of hydrogen-bond acceptors (Lipinski definition) is 6. The summed E-state index contributed by atoms with van der Waals surface area (Å²) in [5.74, 6) is -0.461. The van der Waals surface area contributed by atoms with E-state index in [1.807, 2.05) is 0 Å². The van der Waals surface area contributed by atoms with Gasteiger partial charge in [-0.1, -0.05) is 0 Å². The summed E-state index contributed by atoms with van der Waals surface area (Å²) >= 11 is 0. The molecule has 1 aromatic carbocycles. The highest BCUT2D eigenvalue weighted by Gasteiger charge is 2.32. The first-order chi connectivity index (χ1) is 11.3. The van der Waals surface area contributed by atoms with Crippen LogP contribution in [-0.4, -0.2) is 46.8 Å². The number of carbonyl (C=O) groups excluding carboxylic acids is 1. The quantitative estimate of drug-likeness (QED) is 0.532. The number of amides is 1. The molecular weight excluding hydrogens is 316 g/mol. The summed E-state index contributed by atoms with van der Waals surface area (Å²) in [6.07, 6.45) is 0. The largest absolute Gasteiger partial charge is 0.361 e. The van der Waals surface area contributed by atoms with Crippen LogP contribution < -0.4 is 4.90 Å². The number of nitrogens with zero attached hydrogens (tertiary/aromatic N) is 4. The van der Waals surface area contributed by atoms with E-state index in [0.29, 0.717) is 26.2 Å². The van der Waals surface area contributed by atoms with Crippen molar-refractivity contribution >= 4 is 23.0 Å². The lowest BCUT2D eigenvalue weighted by atomic mass is 10.1. The highest BCUT2D eigenvalue weighted by Crippen LogP contribution is 2.39. The molecule has 24 heavy (non-hydrogen) atoms.